The van der Waals surface area contributed by atoms with Crippen molar-refractivity contribution in [2.75, 3.05) is 0 Å². The number of hydrogen-bond donors (Lipinski definition) is 2. The van der Waals surface area contributed by atoms with Crippen LogP contribution >= 0.6 is 0 Å². The van der Waals surface area contributed by atoms with E-state index in [1.807, 2.05) is 43.5 Å². The van der Waals surface area contributed by atoms with Crippen LogP contribution in [0.1, 0.15) is 34.4 Å². The van der Waals surface area contributed by atoms with E-state index in [1.165, 1.54) is 5.56 Å². The molecule has 33 heavy (non-hydrogen) atoms. The molecule has 2 aromatic carbocycles. The van der Waals surface area contributed by atoms with Crippen molar-refractivity contribution in [2.24, 2.45) is 4.99 Å². The lowest BCUT2D eigenvalue weighted by molar-refractivity contribution is 0.668. The first-order valence-corrected chi connectivity index (χ1v) is 11.0. The fraction of sp³-hybridized carbons (Fsp3) is 0.143. The van der Waals surface area contributed by atoms with Gasteiger partial charge in [-0.25, -0.2) is 4.39 Å². The van der Waals surface area contributed by atoms with Crippen LogP contribution in [0.5, 0.6) is 0 Å². The smallest absolute Gasteiger partial charge is 0.190 e. The third-order valence-electron chi connectivity index (χ3n) is 5.79. The minimum Gasteiger partial charge on any atom is -0.363 e. The van der Waals surface area contributed by atoms with Crippen LogP contribution in [0.15, 0.2) is 77.7 Å². The Labute approximate surface area is 193 Å². The van der Waals surface area contributed by atoms with Gasteiger partial charge in [0.15, 0.2) is 11.7 Å². The van der Waals surface area contributed by atoms with Crippen molar-refractivity contribution >= 4 is 17.6 Å². The Balaban J connectivity index is 1.34. The Morgan fingerprint density at radius 3 is 2.73 bits per heavy atom. The van der Waals surface area contributed by atoms with Gasteiger partial charge in [-0.3, -0.25) is 4.98 Å². The number of hydrogen-bond acceptors (Lipinski definition) is 4. The summed E-state index contributed by atoms with van der Waals surface area (Å²) < 4.78 is 15.4. The highest BCUT2D eigenvalue weighted by atomic mass is 19.1. The fourth-order valence-corrected chi connectivity index (χ4v) is 4.02. The summed E-state index contributed by atoms with van der Waals surface area (Å²) in [5.74, 6) is -0.333. The van der Waals surface area contributed by atoms with Gasteiger partial charge >= 0.3 is 0 Å². The van der Waals surface area contributed by atoms with Crippen LogP contribution < -0.4 is 10.6 Å². The monoisotopic (exact) mass is 434 g/mol. The number of amidine groups is 1. The summed E-state index contributed by atoms with van der Waals surface area (Å²) in [6.45, 7) is 2.41. The third kappa shape index (κ3) is 4.56. The number of benzene rings is 2. The summed E-state index contributed by atoms with van der Waals surface area (Å²) in [6, 6.07) is 23.5. The molecule has 162 valence electrons. The van der Waals surface area contributed by atoms with Crippen molar-refractivity contribution in [3.63, 3.8) is 0 Å². The van der Waals surface area contributed by atoms with Gasteiger partial charge in [0.2, 0.25) is 0 Å². The van der Waals surface area contributed by atoms with Gasteiger partial charge in [-0.2, -0.15) is 4.99 Å². The van der Waals surface area contributed by atoms with Crippen molar-refractivity contribution in [1.29, 1.82) is 0 Å². The normalized spacial score (nSPS) is 14.4. The predicted octanol–water partition coefficient (Wildman–Crippen LogP) is 5.36. The van der Waals surface area contributed by atoms with Crippen molar-refractivity contribution < 1.29 is 4.39 Å². The highest BCUT2D eigenvalue weighted by Crippen LogP contribution is 2.26. The minimum atomic E-state index is -0.462. The molecule has 0 unspecified atom stereocenters. The summed E-state index contributed by atoms with van der Waals surface area (Å²) in [5.41, 5.74) is 7.71. The zero-order chi connectivity index (χ0) is 22.6. The van der Waals surface area contributed by atoms with Gasteiger partial charge in [-0.15, -0.1) is 0 Å². The number of aliphatic imine (C=N–C) groups is 1. The number of fused-ring (bicyclic) bond motifs is 1. The van der Waals surface area contributed by atoms with Gasteiger partial charge in [0.25, 0.3) is 0 Å². The quantitative estimate of drug-likeness (QED) is 0.543. The molecular formula is C28H23FN4. The highest BCUT2D eigenvalue weighted by molar-refractivity contribution is 6.03. The van der Waals surface area contributed by atoms with E-state index in [9.17, 15) is 0 Å². The second kappa shape index (κ2) is 9.13. The number of pyridine rings is 1. The first-order valence-electron chi connectivity index (χ1n) is 11.0. The van der Waals surface area contributed by atoms with Crippen molar-refractivity contribution in [1.82, 2.24) is 15.6 Å². The molecule has 2 N–H and O–H groups in total. The molecule has 0 bridgehead atoms. The number of nitrogens with one attached hydrogen (secondary N) is 2. The third-order valence-corrected chi connectivity index (χ3v) is 5.79. The van der Waals surface area contributed by atoms with E-state index < -0.39 is 5.83 Å². The molecule has 0 atom stereocenters. The van der Waals surface area contributed by atoms with E-state index in [2.05, 4.69) is 69.1 Å². The molecule has 0 amide bonds. The van der Waals surface area contributed by atoms with Crippen LogP contribution in [0.3, 0.4) is 0 Å². The number of rotatable bonds is 4. The van der Waals surface area contributed by atoms with Crippen molar-refractivity contribution in [2.45, 2.75) is 26.3 Å². The number of allylic oxidation sites excluding steroid dienone is 1. The fourth-order valence-electron chi connectivity index (χ4n) is 4.02. The Morgan fingerprint density at radius 1 is 1.03 bits per heavy atom. The topological polar surface area (TPSA) is 49.3 Å². The van der Waals surface area contributed by atoms with E-state index in [1.54, 1.807) is 0 Å². The maximum Gasteiger partial charge on any atom is 0.190 e. The first-order chi connectivity index (χ1) is 16.2. The SMILES string of the molecule is Cc1cc(-c2ccc(CNC3=NC#CNC(c4ccc5c(c4)C=CCC5)=C3F)cc2)ccn1. The largest absolute Gasteiger partial charge is 0.363 e. The van der Waals surface area contributed by atoms with E-state index in [4.69, 9.17) is 0 Å². The second-order valence-electron chi connectivity index (χ2n) is 8.10. The average molecular weight is 435 g/mol. The second-order valence-corrected chi connectivity index (χ2v) is 8.10. The molecule has 0 saturated carbocycles. The Kier molecular flexibility index (Phi) is 5.73. The molecule has 2 heterocycles. The molecule has 3 aromatic rings. The summed E-state index contributed by atoms with van der Waals surface area (Å²) in [7, 11) is 0. The lowest BCUT2D eigenvalue weighted by Crippen LogP contribution is -2.25. The average Bonchev–Trinajstić information content (AvgIpc) is 3.04. The Hall–Kier alpha value is -4.17. The molecule has 1 aliphatic heterocycles. The van der Waals surface area contributed by atoms with Gasteiger partial charge in [0.1, 0.15) is 0 Å². The summed E-state index contributed by atoms with van der Waals surface area (Å²) in [5, 5.41) is 5.98. The van der Waals surface area contributed by atoms with Crippen LogP contribution in [-0.4, -0.2) is 10.8 Å². The molecule has 1 aromatic heterocycles. The van der Waals surface area contributed by atoms with Gasteiger partial charge in [-0.05, 0) is 65.8 Å². The molecular weight excluding hydrogens is 411 g/mol. The van der Waals surface area contributed by atoms with Crippen LogP contribution in [0.4, 0.5) is 4.39 Å². The lowest BCUT2D eigenvalue weighted by Gasteiger charge is -2.15. The molecule has 4 nitrogen and oxygen atoms in total. The van der Waals surface area contributed by atoms with Gasteiger partial charge in [0, 0.05) is 30.0 Å². The van der Waals surface area contributed by atoms with E-state index in [0.717, 1.165) is 46.4 Å². The van der Waals surface area contributed by atoms with E-state index >= 15 is 4.39 Å². The minimum absolute atomic E-state index is 0.129. The number of halogens is 1. The molecule has 2 aliphatic rings. The van der Waals surface area contributed by atoms with Crippen LogP contribution in [0.25, 0.3) is 22.9 Å². The lowest BCUT2D eigenvalue weighted by atomic mass is 9.94. The van der Waals surface area contributed by atoms with Crippen molar-refractivity contribution in [3.05, 3.63) is 101 Å². The van der Waals surface area contributed by atoms with Gasteiger partial charge in [-0.1, -0.05) is 48.6 Å². The zero-order valence-electron chi connectivity index (χ0n) is 18.3. The Morgan fingerprint density at radius 2 is 1.88 bits per heavy atom. The van der Waals surface area contributed by atoms with E-state index in [-0.39, 0.29) is 5.84 Å². The number of aryl methyl sites for hydroxylation is 2. The predicted molar refractivity (Wildman–Crippen MR) is 131 cm³/mol. The molecule has 0 saturated heterocycles. The molecule has 1 aliphatic carbocycles. The van der Waals surface area contributed by atoms with Crippen molar-refractivity contribution in [3.8, 4) is 23.2 Å². The summed E-state index contributed by atoms with van der Waals surface area (Å²) in [6.07, 6.45) is 8.09. The maximum absolute atomic E-state index is 15.4. The maximum atomic E-state index is 15.4. The van der Waals surface area contributed by atoms with Crippen LogP contribution in [0, 0.1) is 19.0 Å². The molecule has 0 radical (unpaired) electrons. The molecule has 0 fully saturated rings. The molecule has 0 spiro atoms. The first kappa shape index (κ1) is 20.7. The van der Waals surface area contributed by atoms with Gasteiger partial charge in [0.05, 0.1) is 11.7 Å². The van der Waals surface area contributed by atoms with Crippen LogP contribution in [0.2, 0.25) is 0 Å². The Bertz CT molecular complexity index is 1350. The number of aromatic nitrogens is 1. The standard InChI is InChI=1S/C28H23FN4/c1-19-16-24(12-13-30-19)22-8-6-20(7-9-22)18-33-28-26(29)27(31-14-15-32-28)25-11-10-21-4-2-3-5-23(21)17-25/h3,5-13,16-17,31H,2,4,18H2,1H3,(H,32,33). The molecule has 5 heteroatoms. The summed E-state index contributed by atoms with van der Waals surface area (Å²) >= 11 is 0. The highest BCUT2D eigenvalue weighted by Gasteiger charge is 2.18. The van der Waals surface area contributed by atoms with E-state index in [0.29, 0.717) is 12.2 Å². The zero-order valence-corrected chi connectivity index (χ0v) is 18.3. The summed E-state index contributed by atoms with van der Waals surface area (Å²) in [4.78, 5) is 8.33. The van der Waals surface area contributed by atoms with Crippen LogP contribution in [-0.2, 0) is 13.0 Å². The molecule has 5 rings (SSSR count). The van der Waals surface area contributed by atoms with Gasteiger partial charge < -0.3 is 10.6 Å². The number of nitrogens with zero attached hydrogens (tertiary/aromatic N) is 2.